The van der Waals surface area contributed by atoms with Crippen molar-refractivity contribution >= 4 is 73.4 Å². The van der Waals surface area contributed by atoms with E-state index in [9.17, 15) is 9.59 Å². The van der Waals surface area contributed by atoms with E-state index in [1.165, 1.54) is 22.2 Å². The lowest BCUT2D eigenvalue weighted by Crippen LogP contribution is -2.03. The highest BCUT2D eigenvalue weighted by atomic mass is 35.5. The third-order valence-electron chi connectivity index (χ3n) is 6.87. The molecule has 0 fully saturated rings. The first-order valence-corrected chi connectivity index (χ1v) is 13.4. The SMILES string of the molecule is Cn1c(-c2cc3ccccc3s2)nc2c1cc(C=C1C(=O)c3cc(Cl)c(Cl)cc3C1=O)n2-c1ccccc1. The standard InChI is InChI=1S/C30H17Cl2N3O2S/c1-34-24-13-18(12-21-27(36)19-14-22(31)23(32)15-20(19)28(21)37)35(17-8-3-2-4-9-17)29(24)33-30(34)26-11-16-7-5-6-10-25(16)38-26/h2-15H,1H3. The first-order chi connectivity index (χ1) is 18.4. The van der Waals surface area contributed by atoms with E-state index >= 15 is 0 Å². The molecule has 0 amide bonds. The molecule has 0 saturated heterocycles. The van der Waals surface area contributed by atoms with Crippen molar-refractivity contribution in [3.05, 3.63) is 111 Å². The Kier molecular flexibility index (Phi) is 5.20. The molecule has 0 radical (unpaired) electrons. The van der Waals surface area contributed by atoms with Crippen LogP contribution in [0, 0.1) is 0 Å². The molecule has 0 bridgehead atoms. The van der Waals surface area contributed by atoms with E-state index in [4.69, 9.17) is 28.2 Å². The molecule has 0 atom stereocenters. The van der Waals surface area contributed by atoms with Gasteiger partial charge in [-0.25, -0.2) is 4.98 Å². The molecule has 0 unspecified atom stereocenters. The highest BCUT2D eigenvalue weighted by molar-refractivity contribution is 7.22. The molecule has 5 nitrogen and oxygen atoms in total. The number of imidazole rings is 1. The molecule has 0 N–H and O–H groups in total. The minimum atomic E-state index is -0.368. The fraction of sp³-hybridized carbons (Fsp3) is 0.0333. The van der Waals surface area contributed by atoms with Crippen molar-refractivity contribution in [3.8, 4) is 16.4 Å². The summed E-state index contributed by atoms with van der Waals surface area (Å²) in [6.07, 6.45) is 1.64. The van der Waals surface area contributed by atoms with Crippen LogP contribution >= 0.6 is 34.5 Å². The third-order valence-corrected chi connectivity index (χ3v) is 8.70. The van der Waals surface area contributed by atoms with Crippen LogP contribution < -0.4 is 0 Å². The van der Waals surface area contributed by atoms with E-state index in [-0.39, 0.29) is 38.3 Å². The Morgan fingerprint density at radius 1 is 0.842 bits per heavy atom. The van der Waals surface area contributed by atoms with Crippen molar-refractivity contribution in [2.75, 3.05) is 0 Å². The quantitative estimate of drug-likeness (QED) is 0.165. The summed E-state index contributed by atoms with van der Waals surface area (Å²) in [5, 5.41) is 1.66. The zero-order valence-corrected chi connectivity index (χ0v) is 22.2. The van der Waals surface area contributed by atoms with Crippen molar-refractivity contribution in [2.45, 2.75) is 0 Å². The maximum absolute atomic E-state index is 13.2. The maximum atomic E-state index is 13.2. The van der Waals surface area contributed by atoms with Crippen molar-refractivity contribution in [1.29, 1.82) is 0 Å². The normalized spacial score (nSPS) is 13.2. The molecular formula is C30H17Cl2N3O2S. The van der Waals surface area contributed by atoms with Crippen LogP contribution in [0.1, 0.15) is 26.4 Å². The van der Waals surface area contributed by atoms with Gasteiger partial charge < -0.3 is 4.57 Å². The lowest BCUT2D eigenvalue weighted by Gasteiger charge is -2.07. The molecule has 184 valence electrons. The fourth-order valence-corrected chi connectivity index (χ4v) is 6.43. The van der Waals surface area contributed by atoms with Gasteiger partial charge in [-0.3, -0.25) is 14.2 Å². The Morgan fingerprint density at radius 3 is 2.18 bits per heavy atom. The van der Waals surface area contributed by atoms with Crippen molar-refractivity contribution in [1.82, 2.24) is 14.1 Å². The summed E-state index contributed by atoms with van der Waals surface area (Å²) in [6, 6.07) is 25.1. The van der Waals surface area contributed by atoms with Crippen LogP contribution in [0.3, 0.4) is 0 Å². The number of aryl methyl sites for hydroxylation is 1. The van der Waals surface area contributed by atoms with Crippen LogP contribution in [0.25, 0.3) is 43.7 Å². The molecule has 0 spiro atoms. The number of carbonyl (C=O) groups excluding carboxylic acids is 2. The summed E-state index contributed by atoms with van der Waals surface area (Å²) in [4.78, 5) is 32.6. The second-order valence-corrected chi connectivity index (χ2v) is 11.0. The van der Waals surface area contributed by atoms with Crippen molar-refractivity contribution in [3.63, 3.8) is 0 Å². The van der Waals surface area contributed by atoms with Crippen LogP contribution in [0.5, 0.6) is 0 Å². The molecule has 3 heterocycles. The monoisotopic (exact) mass is 553 g/mol. The number of thiophene rings is 1. The van der Waals surface area contributed by atoms with Crippen LogP contribution in [-0.4, -0.2) is 25.7 Å². The van der Waals surface area contributed by atoms with Crippen LogP contribution in [0.2, 0.25) is 10.0 Å². The number of fused-ring (bicyclic) bond motifs is 3. The summed E-state index contributed by atoms with van der Waals surface area (Å²) >= 11 is 14.0. The molecule has 8 heteroatoms. The summed E-state index contributed by atoms with van der Waals surface area (Å²) in [5.41, 5.74) is 3.77. The number of carbonyl (C=O) groups is 2. The highest BCUT2D eigenvalue weighted by Crippen LogP contribution is 2.38. The minimum Gasteiger partial charge on any atom is -0.325 e. The van der Waals surface area contributed by atoms with Gasteiger partial charge >= 0.3 is 0 Å². The van der Waals surface area contributed by atoms with Gasteiger partial charge in [0.05, 0.1) is 31.7 Å². The second-order valence-electron chi connectivity index (χ2n) is 9.12. The molecule has 38 heavy (non-hydrogen) atoms. The summed E-state index contributed by atoms with van der Waals surface area (Å²) in [5.74, 6) is 0.115. The zero-order valence-electron chi connectivity index (χ0n) is 19.9. The summed E-state index contributed by atoms with van der Waals surface area (Å²) in [7, 11) is 1.98. The topological polar surface area (TPSA) is 56.9 Å². The van der Waals surface area contributed by atoms with Gasteiger partial charge in [0.1, 0.15) is 0 Å². The number of benzene rings is 3. The lowest BCUT2D eigenvalue weighted by atomic mass is 10.1. The molecule has 6 aromatic rings. The molecule has 3 aromatic heterocycles. The number of para-hydroxylation sites is 1. The highest BCUT2D eigenvalue weighted by Gasteiger charge is 2.34. The average Bonchev–Trinajstić information content (AvgIpc) is 3.64. The Balaban J connectivity index is 1.43. The van der Waals surface area contributed by atoms with Gasteiger partial charge in [0.2, 0.25) is 0 Å². The van der Waals surface area contributed by atoms with Crippen molar-refractivity contribution < 1.29 is 9.59 Å². The Labute approximate surface area is 231 Å². The summed E-state index contributed by atoms with van der Waals surface area (Å²) < 4.78 is 5.22. The molecule has 3 aromatic carbocycles. The molecular weight excluding hydrogens is 537 g/mol. The van der Waals surface area contributed by atoms with Gasteiger partial charge in [-0.1, -0.05) is 59.6 Å². The van der Waals surface area contributed by atoms with Crippen molar-refractivity contribution in [2.24, 2.45) is 7.05 Å². The molecule has 1 aliphatic carbocycles. The van der Waals surface area contributed by atoms with Gasteiger partial charge in [0, 0.05) is 28.6 Å². The van der Waals surface area contributed by atoms with Gasteiger partial charge in [-0.05, 0) is 53.9 Å². The Bertz CT molecular complexity index is 1920. The lowest BCUT2D eigenvalue weighted by molar-refractivity contribution is 0.0990. The van der Waals surface area contributed by atoms with Gasteiger partial charge in [0.15, 0.2) is 23.0 Å². The molecule has 1 aliphatic rings. The smallest absolute Gasteiger partial charge is 0.197 e. The second kappa shape index (κ2) is 8.53. The Hall–Kier alpha value is -3.97. The molecule has 0 saturated carbocycles. The van der Waals surface area contributed by atoms with Crippen LogP contribution in [0.15, 0.2) is 84.4 Å². The number of rotatable bonds is 3. The van der Waals surface area contributed by atoms with E-state index in [1.807, 2.05) is 64.7 Å². The van der Waals surface area contributed by atoms with E-state index in [2.05, 4.69) is 18.2 Å². The molecule has 0 aliphatic heterocycles. The fourth-order valence-electron chi connectivity index (χ4n) is 5.01. The number of hydrogen-bond donors (Lipinski definition) is 0. The average molecular weight is 554 g/mol. The predicted octanol–water partition coefficient (Wildman–Crippen LogP) is 8.02. The number of allylic oxidation sites excluding steroid dienone is 1. The van der Waals surface area contributed by atoms with Gasteiger partial charge in [0.25, 0.3) is 0 Å². The molecule has 7 rings (SSSR count). The largest absolute Gasteiger partial charge is 0.325 e. The predicted molar refractivity (Wildman–Crippen MR) is 154 cm³/mol. The maximum Gasteiger partial charge on any atom is 0.197 e. The van der Waals surface area contributed by atoms with E-state index in [0.717, 1.165) is 27.6 Å². The van der Waals surface area contributed by atoms with Gasteiger partial charge in [-0.2, -0.15) is 0 Å². The third kappa shape index (κ3) is 3.42. The van der Waals surface area contributed by atoms with Crippen LogP contribution in [0.4, 0.5) is 0 Å². The number of aromatic nitrogens is 3. The van der Waals surface area contributed by atoms with Gasteiger partial charge in [-0.15, -0.1) is 11.3 Å². The number of Topliss-reactive ketones (excluding diaryl/α,β-unsaturated/α-hetero) is 2. The number of ketones is 2. The first kappa shape index (κ1) is 23.2. The Morgan fingerprint density at radius 2 is 1.50 bits per heavy atom. The van der Waals surface area contributed by atoms with E-state index < -0.39 is 0 Å². The number of hydrogen-bond acceptors (Lipinski definition) is 4. The summed E-state index contributed by atoms with van der Waals surface area (Å²) in [6.45, 7) is 0. The van der Waals surface area contributed by atoms with E-state index in [0.29, 0.717) is 5.69 Å². The van der Waals surface area contributed by atoms with E-state index in [1.54, 1.807) is 17.4 Å². The zero-order chi connectivity index (χ0) is 26.1. The minimum absolute atomic E-state index is 0.0723. The van der Waals surface area contributed by atoms with Crippen LogP contribution in [-0.2, 0) is 7.05 Å². The number of nitrogens with zero attached hydrogens (tertiary/aromatic N) is 3. The first-order valence-electron chi connectivity index (χ1n) is 11.8. The number of halogens is 2.